The summed E-state index contributed by atoms with van der Waals surface area (Å²) < 4.78 is 1.80. The van der Waals surface area contributed by atoms with Gasteiger partial charge in [0.1, 0.15) is 0 Å². The number of hydrogen-bond donors (Lipinski definition) is 1. The van der Waals surface area contributed by atoms with Gasteiger partial charge in [0.2, 0.25) is 0 Å². The normalized spacial score (nSPS) is 10.4. The molecule has 0 saturated carbocycles. The van der Waals surface area contributed by atoms with E-state index in [1.165, 1.54) is 5.69 Å². The van der Waals surface area contributed by atoms with Gasteiger partial charge >= 0.3 is 0 Å². The molecule has 1 rings (SSSR count). The number of nitrogens with zero attached hydrogens (tertiary/aromatic N) is 3. The first-order valence-corrected chi connectivity index (χ1v) is 3.88. The molecular formula is C7H14N4. The molecule has 0 amide bonds. The highest BCUT2D eigenvalue weighted by Crippen LogP contribution is 2.00. The monoisotopic (exact) mass is 154 g/mol. The van der Waals surface area contributed by atoms with Gasteiger partial charge in [-0.3, -0.25) is 4.68 Å². The van der Waals surface area contributed by atoms with Crippen molar-refractivity contribution in [3.05, 3.63) is 11.9 Å². The number of rotatable bonds is 4. The second kappa shape index (κ2) is 4.08. The Morgan fingerprint density at radius 1 is 1.55 bits per heavy atom. The molecule has 11 heavy (non-hydrogen) atoms. The van der Waals surface area contributed by atoms with Gasteiger partial charge in [-0.05, 0) is 25.8 Å². The number of aryl methyl sites for hydroxylation is 2. The van der Waals surface area contributed by atoms with Crippen molar-refractivity contribution in [2.45, 2.75) is 19.3 Å². The summed E-state index contributed by atoms with van der Waals surface area (Å²) in [5.74, 6) is 0. The average Bonchev–Trinajstić information content (AvgIpc) is 2.37. The zero-order chi connectivity index (χ0) is 8.10. The number of aromatic nitrogens is 3. The number of hydrogen-bond acceptors (Lipinski definition) is 3. The van der Waals surface area contributed by atoms with Gasteiger partial charge in [0.15, 0.2) is 0 Å². The van der Waals surface area contributed by atoms with Gasteiger partial charge in [0.25, 0.3) is 0 Å². The van der Waals surface area contributed by atoms with Crippen LogP contribution in [0.2, 0.25) is 0 Å². The lowest BCUT2D eigenvalue weighted by Crippen LogP contribution is -2.02. The van der Waals surface area contributed by atoms with Crippen LogP contribution in [0.5, 0.6) is 0 Å². The highest BCUT2D eigenvalue weighted by molar-refractivity contribution is 4.92. The molecule has 2 N–H and O–H groups in total. The van der Waals surface area contributed by atoms with Gasteiger partial charge in [-0.15, -0.1) is 5.10 Å². The SMILES string of the molecule is Cn1nncc1CCCCN. The third kappa shape index (κ3) is 2.31. The van der Waals surface area contributed by atoms with E-state index in [4.69, 9.17) is 5.73 Å². The van der Waals surface area contributed by atoms with Gasteiger partial charge in [0, 0.05) is 7.05 Å². The molecule has 1 aromatic rings. The van der Waals surface area contributed by atoms with Crippen molar-refractivity contribution in [3.63, 3.8) is 0 Å². The van der Waals surface area contributed by atoms with Crippen molar-refractivity contribution < 1.29 is 0 Å². The van der Waals surface area contributed by atoms with Crippen molar-refractivity contribution in [2.24, 2.45) is 12.8 Å². The topological polar surface area (TPSA) is 56.7 Å². The molecule has 0 aliphatic carbocycles. The van der Waals surface area contributed by atoms with Crippen molar-refractivity contribution in [3.8, 4) is 0 Å². The molecule has 0 saturated heterocycles. The second-order valence-corrected chi connectivity index (χ2v) is 2.59. The maximum atomic E-state index is 5.37. The first-order valence-electron chi connectivity index (χ1n) is 3.88. The molecule has 62 valence electrons. The average molecular weight is 154 g/mol. The molecule has 0 unspecified atom stereocenters. The Labute approximate surface area is 66.4 Å². The fourth-order valence-corrected chi connectivity index (χ4v) is 0.988. The molecule has 0 radical (unpaired) electrons. The molecule has 0 aliphatic heterocycles. The largest absolute Gasteiger partial charge is 0.330 e. The molecule has 4 heteroatoms. The molecular weight excluding hydrogens is 140 g/mol. The van der Waals surface area contributed by atoms with E-state index in [1.54, 1.807) is 10.9 Å². The Balaban J connectivity index is 2.32. The fourth-order valence-electron chi connectivity index (χ4n) is 0.988. The number of nitrogens with two attached hydrogens (primary N) is 1. The van der Waals surface area contributed by atoms with E-state index in [2.05, 4.69) is 10.3 Å². The minimum Gasteiger partial charge on any atom is -0.330 e. The summed E-state index contributed by atoms with van der Waals surface area (Å²) in [6.45, 7) is 0.769. The van der Waals surface area contributed by atoms with E-state index < -0.39 is 0 Å². The third-order valence-corrected chi connectivity index (χ3v) is 1.70. The van der Waals surface area contributed by atoms with E-state index in [1.807, 2.05) is 7.05 Å². The van der Waals surface area contributed by atoms with Crippen LogP contribution in [0, 0.1) is 0 Å². The van der Waals surface area contributed by atoms with E-state index in [0.717, 1.165) is 25.8 Å². The quantitative estimate of drug-likeness (QED) is 0.625. The molecule has 0 bridgehead atoms. The maximum Gasteiger partial charge on any atom is 0.0724 e. The lowest BCUT2D eigenvalue weighted by Gasteiger charge is -1.97. The standard InChI is InChI=1S/C7H14N4/c1-11-7(6-9-10-11)4-2-3-5-8/h6H,2-5,8H2,1H3. The summed E-state index contributed by atoms with van der Waals surface area (Å²) in [5.41, 5.74) is 6.55. The zero-order valence-corrected chi connectivity index (χ0v) is 6.82. The first-order chi connectivity index (χ1) is 5.34. The molecule has 0 aliphatic rings. The Morgan fingerprint density at radius 3 is 2.91 bits per heavy atom. The summed E-state index contributed by atoms with van der Waals surface area (Å²) in [7, 11) is 1.91. The Morgan fingerprint density at radius 2 is 2.36 bits per heavy atom. The molecule has 1 aromatic heterocycles. The smallest absolute Gasteiger partial charge is 0.0724 e. The zero-order valence-electron chi connectivity index (χ0n) is 6.82. The summed E-state index contributed by atoms with van der Waals surface area (Å²) in [6, 6.07) is 0. The maximum absolute atomic E-state index is 5.37. The minimum atomic E-state index is 0.769. The molecule has 4 nitrogen and oxygen atoms in total. The van der Waals surface area contributed by atoms with Gasteiger partial charge in [-0.2, -0.15) is 0 Å². The molecule has 0 fully saturated rings. The second-order valence-electron chi connectivity index (χ2n) is 2.59. The van der Waals surface area contributed by atoms with Crippen LogP contribution in [0.1, 0.15) is 18.5 Å². The van der Waals surface area contributed by atoms with Gasteiger partial charge < -0.3 is 5.73 Å². The fraction of sp³-hybridized carbons (Fsp3) is 0.714. The van der Waals surface area contributed by atoms with Crippen LogP contribution >= 0.6 is 0 Å². The van der Waals surface area contributed by atoms with Crippen molar-refractivity contribution in [1.29, 1.82) is 0 Å². The highest BCUT2D eigenvalue weighted by Gasteiger charge is 1.97. The molecule has 1 heterocycles. The van der Waals surface area contributed by atoms with E-state index in [-0.39, 0.29) is 0 Å². The summed E-state index contributed by atoms with van der Waals surface area (Å²) in [6.07, 6.45) is 5.03. The van der Waals surface area contributed by atoms with Crippen LogP contribution in [0.15, 0.2) is 6.20 Å². The van der Waals surface area contributed by atoms with E-state index in [9.17, 15) is 0 Å². The van der Waals surface area contributed by atoms with E-state index in [0.29, 0.717) is 0 Å². The van der Waals surface area contributed by atoms with Crippen molar-refractivity contribution >= 4 is 0 Å². The highest BCUT2D eigenvalue weighted by atomic mass is 15.4. The lowest BCUT2D eigenvalue weighted by atomic mass is 10.2. The van der Waals surface area contributed by atoms with Gasteiger partial charge in [-0.1, -0.05) is 5.21 Å². The molecule has 0 aromatic carbocycles. The van der Waals surface area contributed by atoms with Crippen LogP contribution in [0.4, 0.5) is 0 Å². The predicted molar refractivity (Wildman–Crippen MR) is 43.0 cm³/mol. The van der Waals surface area contributed by atoms with E-state index >= 15 is 0 Å². The molecule has 0 atom stereocenters. The summed E-state index contributed by atoms with van der Waals surface area (Å²) in [4.78, 5) is 0. The van der Waals surface area contributed by atoms with Crippen LogP contribution in [0.3, 0.4) is 0 Å². The van der Waals surface area contributed by atoms with Gasteiger partial charge in [0.05, 0.1) is 11.9 Å². The van der Waals surface area contributed by atoms with Crippen LogP contribution in [-0.4, -0.2) is 21.5 Å². The summed E-state index contributed by atoms with van der Waals surface area (Å²) >= 11 is 0. The van der Waals surface area contributed by atoms with Crippen LogP contribution in [0.25, 0.3) is 0 Å². The Kier molecular flexibility index (Phi) is 3.04. The van der Waals surface area contributed by atoms with Crippen LogP contribution < -0.4 is 5.73 Å². The minimum absolute atomic E-state index is 0.769. The van der Waals surface area contributed by atoms with Crippen molar-refractivity contribution in [1.82, 2.24) is 15.0 Å². The first kappa shape index (κ1) is 8.20. The predicted octanol–water partition coefficient (Wildman–Crippen LogP) is 0.0965. The molecule has 0 spiro atoms. The lowest BCUT2D eigenvalue weighted by molar-refractivity contribution is 0.647. The van der Waals surface area contributed by atoms with Gasteiger partial charge in [-0.25, -0.2) is 0 Å². The number of unbranched alkanes of at least 4 members (excludes halogenated alkanes) is 1. The third-order valence-electron chi connectivity index (χ3n) is 1.70. The van der Waals surface area contributed by atoms with Crippen LogP contribution in [-0.2, 0) is 13.5 Å². The van der Waals surface area contributed by atoms with Crippen molar-refractivity contribution in [2.75, 3.05) is 6.54 Å². The summed E-state index contributed by atoms with van der Waals surface area (Å²) in [5, 5.41) is 7.61. The Bertz CT molecular complexity index is 206. The Hall–Kier alpha value is -0.900.